The molecule has 0 aromatic heterocycles. The van der Waals surface area contributed by atoms with Gasteiger partial charge < -0.3 is 9.84 Å². The molecule has 0 radical (unpaired) electrons. The molecule has 1 aliphatic carbocycles. The third-order valence-corrected chi connectivity index (χ3v) is 4.20. The average molecular weight is 346 g/mol. The van der Waals surface area contributed by atoms with Gasteiger partial charge in [0.2, 0.25) is 0 Å². The molecule has 0 aromatic rings. The van der Waals surface area contributed by atoms with E-state index in [2.05, 4.69) is 6.58 Å². The van der Waals surface area contributed by atoms with E-state index in [1.165, 1.54) is 0 Å². The number of hydrogen-bond donors (Lipinski definition) is 1. The number of carbonyl (C=O) groups excluding carboxylic acids is 2. The predicted octanol–water partition coefficient (Wildman–Crippen LogP) is 3.77. The standard InChI is InChI=1S/C20H26O5/c1-6-7-13(2)8-9-15-14(3)19(24)16(12-20(15,4)5)25-18(23)11-10-17(21)22/h6-9,16H,1,10-12H2,2-5H3,(H,21,22)/b9-8+,13-7+. The molecule has 0 spiro atoms. The summed E-state index contributed by atoms with van der Waals surface area (Å²) in [7, 11) is 0. The Morgan fingerprint density at radius 3 is 2.56 bits per heavy atom. The van der Waals surface area contributed by atoms with Crippen molar-refractivity contribution in [2.24, 2.45) is 5.41 Å². The first-order valence-corrected chi connectivity index (χ1v) is 8.22. The van der Waals surface area contributed by atoms with Crippen molar-refractivity contribution in [3.05, 3.63) is 47.6 Å². The van der Waals surface area contributed by atoms with Gasteiger partial charge in [-0.1, -0.05) is 50.3 Å². The summed E-state index contributed by atoms with van der Waals surface area (Å²) in [5, 5.41) is 8.62. The van der Waals surface area contributed by atoms with Crippen LogP contribution in [0.15, 0.2) is 47.6 Å². The Bertz CT molecular complexity index is 662. The van der Waals surface area contributed by atoms with E-state index >= 15 is 0 Å². The second kappa shape index (κ2) is 8.60. The normalized spacial score (nSPS) is 20.7. The van der Waals surface area contributed by atoms with Crippen LogP contribution in [0.5, 0.6) is 0 Å². The highest BCUT2D eigenvalue weighted by atomic mass is 16.5. The Morgan fingerprint density at radius 2 is 2.00 bits per heavy atom. The van der Waals surface area contributed by atoms with Gasteiger partial charge >= 0.3 is 11.9 Å². The zero-order valence-electron chi connectivity index (χ0n) is 15.3. The third-order valence-electron chi connectivity index (χ3n) is 4.20. The highest BCUT2D eigenvalue weighted by Crippen LogP contribution is 2.40. The van der Waals surface area contributed by atoms with Crippen molar-refractivity contribution in [3.63, 3.8) is 0 Å². The van der Waals surface area contributed by atoms with E-state index in [1.54, 1.807) is 13.0 Å². The van der Waals surface area contributed by atoms with Crippen molar-refractivity contribution in [1.29, 1.82) is 0 Å². The lowest BCUT2D eigenvalue weighted by atomic mass is 9.71. The van der Waals surface area contributed by atoms with E-state index in [0.29, 0.717) is 12.0 Å². The maximum Gasteiger partial charge on any atom is 0.307 e. The molecular formula is C20H26O5. The maximum atomic E-state index is 12.6. The first kappa shape index (κ1) is 20.6. The van der Waals surface area contributed by atoms with E-state index in [9.17, 15) is 14.4 Å². The van der Waals surface area contributed by atoms with Crippen LogP contribution in [0.2, 0.25) is 0 Å². The minimum absolute atomic E-state index is 0.229. The summed E-state index contributed by atoms with van der Waals surface area (Å²) in [5.74, 6) is -1.96. The Morgan fingerprint density at radius 1 is 1.36 bits per heavy atom. The Kier molecular flexibility index (Phi) is 7.09. The van der Waals surface area contributed by atoms with Gasteiger partial charge in [-0.3, -0.25) is 14.4 Å². The van der Waals surface area contributed by atoms with Crippen molar-refractivity contribution in [2.45, 2.75) is 53.1 Å². The lowest BCUT2D eigenvalue weighted by molar-refractivity contribution is -0.157. The quantitative estimate of drug-likeness (QED) is 0.561. The van der Waals surface area contributed by atoms with Crippen LogP contribution < -0.4 is 0 Å². The number of carbonyl (C=O) groups is 3. The van der Waals surface area contributed by atoms with Gasteiger partial charge in [-0.15, -0.1) is 0 Å². The summed E-state index contributed by atoms with van der Waals surface area (Å²) in [4.78, 5) is 34.8. The van der Waals surface area contributed by atoms with E-state index in [4.69, 9.17) is 9.84 Å². The molecule has 0 aliphatic heterocycles. The van der Waals surface area contributed by atoms with Crippen LogP contribution in [0, 0.1) is 5.41 Å². The van der Waals surface area contributed by atoms with Gasteiger partial charge in [-0.05, 0) is 30.4 Å². The fourth-order valence-electron chi connectivity index (χ4n) is 2.88. The molecule has 25 heavy (non-hydrogen) atoms. The lowest BCUT2D eigenvalue weighted by Gasteiger charge is -2.36. The van der Waals surface area contributed by atoms with Gasteiger partial charge in [-0.2, -0.15) is 0 Å². The van der Waals surface area contributed by atoms with Gasteiger partial charge in [0, 0.05) is 6.42 Å². The lowest BCUT2D eigenvalue weighted by Crippen LogP contribution is -2.39. The van der Waals surface area contributed by atoms with E-state index in [1.807, 2.05) is 39.0 Å². The first-order valence-electron chi connectivity index (χ1n) is 8.22. The fraction of sp³-hybridized carbons (Fsp3) is 0.450. The van der Waals surface area contributed by atoms with Crippen molar-refractivity contribution in [1.82, 2.24) is 0 Å². The molecule has 136 valence electrons. The van der Waals surface area contributed by atoms with Crippen LogP contribution in [0.25, 0.3) is 0 Å². The first-order chi connectivity index (χ1) is 11.6. The highest BCUT2D eigenvalue weighted by Gasteiger charge is 2.39. The molecule has 5 heteroatoms. The number of ketones is 1. The molecule has 1 N–H and O–H groups in total. The van der Waals surface area contributed by atoms with E-state index in [-0.39, 0.29) is 24.0 Å². The Balaban J connectivity index is 2.98. The third kappa shape index (κ3) is 5.85. The minimum atomic E-state index is -1.07. The van der Waals surface area contributed by atoms with Crippen LogP contribution in [0.3, 0.4) is 0 Å². The second-order valence-electron chi connectivity index (χ2n) is 6.84. The van der Waals surface area contributed by atoms with E-state index in [0.717, 1.165) is 11.1 Å². The van der Waals surface area contributed by atoms with Crippen LogP contribution in [0.1, 0.15) is 47.0 Å². The predicted molar refractivity (Wildman–Crippen MR) is 95.9 cm³/mol. The number of hydrogen-bond acceptors (Lipinski definition) is 4. The molecule has 1 aliphatic rings. The molecule has 0 amide bonds. The summed E-state index contributed by atoms with van der Waals surface area (Å²) < 4.78 is 5.24. The average Bonchev–Trinajstić information content (AvgIpc) is 2.50. The Hall–Kier alpha value is -2.43. The molecule has 1 atom stereocenters. The minimum Gasteiger partial charge on any atom is -0.481 e. The van der Waals surface area contributed by atoms with Gasteiger partial charge in [0.25, 0.3) is 0 Å². The zero-order chi connectivity index (χ0) is 19.2. The van der Waals surface area contributed by atoms with Gasteiger partial charge in [-0.25, -0.2) is 0 Å². The second-order valence-corrected chi connectivity index (χ2v) is 6.84. The zero-order valence-corrected chi connectivity index (χ0v) is 15.3. The molecule has 0 bridgehead atoms. The number of ether oxygens (including phenoxy) is 1. The summed E-state index contributed by atoms with van der Waals surface area (Å²) >= 11 is 0. The van der Waals surface area contributed by atoms with Crippen molar-refractivity contribution >= 4 is 17.7 Å². The van der Waals surface area contributed by atoms with Crippen LogP contribution in [0.4, 0.5) is 0 Å². The molecule has 0 aromatic carbocycles. The summed E-state index contributed by atoms with van der Waals surface area (Å²) in [6.07, 6.45) is 6.38. The van der Waals surface area contributed by atoms with Gasteiger partial charge in [0.1, 0.15) is 0 Å². The van der Waals surface area contributed by atoms with Crippen molar-refractivity contribution in [3.8, 4) is 0 Å². The van der Waals surface area contributed by atoms with Crippen LogP contribution in [-0.2, 0) is 19.1 Å². The molecule has 0 saturated heterocycles. The topological polar surface area (TPSA) is 80.7 Å². The van der Waals surface area contributed by atoms with Crippen molar-refractivity contribution in [2.75, 3.05) is 0 Å². The number of Topliss-reactive ketones (excluding diaryl/α,β-unsaturated/α-hetero) is 1. The van der Waals surface area contributed by atoms with Crippen LogP contribution in [-0.4, -0.2) is 28.9 Å². The van der Waals surface area contributed by atoms with Gasteiger partial charge in [0.05, 0.1) is 12.8 Å². The molecular weight excluding hydrogens is 320 g/mol. The Labute approximate surface area is 148 Å². The monoisotopic (exact) mass is 346 g/mol. The summed E-state index contributed by atoms with van der Waals surface area (Å²) in [6.45, 7) is 11.3. The molecule has 1 unspecified atom stereocenters. The number of esters is 1. The SMILES string of the molecule is C=C/C=C(C)/C=C/C1=C(C)C(=O)C(OC(=O)CCC(=O)O)CC1(C)C. The fourth-order valence-corrected chi connectivity index (χ4v) is 2.88. The molecule has 5 nitrogen and oxygen atoms in total. The molecule has 0 fully saturated rings. The van der Waals surface area contributed by atoms with Crippen LogP contribution >= 0.6 is 0 Å². The maximum absolute atomic E-state index is 12.6. The number of rotatable bonds is 7. The summed E-state index contributed by atoms with van der Waals surface area (Å²) in [5.41, 5.74) is 2.14. The molecule has 1 rings (SSSR count). The number of carboxylic acids is 1. The summed E-state index contributed by atoms with van der Waals surface area (Å²) in [6, 6.07) is 0. The number of allylic oxidation sites excluding steroid dienone is 6. The van der Waals surface area contributed by atoms with Crippen molar-refractivity contribution < 1.29 is 24.2 Å². The molecule has 0 saturated carbocycles. The largest absolute Gasteiger partial charge is 0.481 e. The smallest absolute Gasteiger partial charge is 0.307 e. The van der Waals surface area contributed by atoms with Gasteiger partial charge in [0.15, 0.2) is 11.9 Å². The number of carboxylic acid groups (broad SMARTS) is 1. The molecule has 0 heterocycles. The highest BCUT2D eigenvalue weighted by molar-refractivity contribution is 6.01. The number of aliphatic carboxylic acids is 1. The van der Waals surface area contributed by atoms with E-state index < -0.39 is 18.0 Å².